The fraction of sp³-hybridized carbons (Fsp3) is 0.0909. The maximum absolute atomic E-state index is 11.4. The summed E-state index contributed by atoms with van der Waals surface area (Å²) in [7, 11) is 1.34. The maximum Gasteiger partial charge on any atom is 0.340 e. The summed E-state index contributed by atoms with van der Waals surface area (Å²) in [4.78, 5) is 15.4. The first-order chi connectivity index (χ1) is 7.22. The van der Waals surface area contributed by atoms with E-state index in [1.165, 1.54) is 13.3 Å². The second-order valence-electron chi connectivity index (χ2n) is 3.04. The van der Waals surface area contributed by atoms with Crippen molar-refractivity contribution < 1.29 is 9.53 Å². The van der Waals surface area contributed by atoms with Crippen LogP contribution in [0.15, 0.2) is 30.6 Å². The molecule has 0 aliphatic heterocycles. The molecule has 0 spiro atoms. The molecule has 76 valence electrons. The smallest absolute Gasteiger partial charge is 0.340 e. The number of hydrogen-bond acceptors (Lipinski definition) is 3. The molecule has 0 fully saturated rings. The molecule has 0 atom stereocenters. The van der Waals surface area contributed by atoms with Crippen LogP contribution in [0.5, 0.6) is 0 Å². The van der Waals surface area contributed by atoms with Gasteiger partial charge in [-0.3, -0.25) is 4.98 Å². The molecule has 0 N–H and O–H groups in total. The Morgan fingerprint density at radius 2 is 2.20 bits per heavy atom. The molecule has 3 nitrogen and oxygen atoms in total. The summed E-state index contributed by atoms with van der Waals surface area (Å²) < 4.78 is 4.66. The summed E-state index contributed by atoms with van der Waals surface area (Å²) in [6, 6.07) is 5.28. The molecule has 0 radical (unpaired) electrons. The van der Waals surface area contributed by atoms with Crippen molar-refractivity contribution in [2.45, 2.75) is 0 Å². The third kappa shape index (κ3) is 1.78. The van der Waals surface area contributed by atoms with Crippen molar-refractivity contribution in [2.24, 2.45) is 0 Å². The van der Waals surface area contributed by atoms with Crippen molar-refractivity contribution in [2.75, 3.05) is 7.11 Å². The van der Waals surface area contributed by atoms with Gasteiger partial charge in [0.05, 0.1) is 12.7 Å². The summed E-state index contributed by atoms with van der Waals surface area (Å²) >= 11 is 5.84. The first-order valence-electron chi connectivity index (χ1n) is 4.34. The highest BCUT2D eigenvalue weighted by Crippen LogP contribution is 2.21. The van der Waals surface area contributed by atoms with Crippen LogP contribution in [0.4, 0.5) is 0 Å². The van der Waals surface area contributed by atoms with Gasteiger partial charge < -0.3 is 4.74 Å². The predicted octanol–water partition coefficient (Wildman–Crippen LogP) is 2.67. The van der Waals surface area contributed by atoms with Gasteiger partial charge in [-0.05, 0) is 17.5 Å². The molecule has 15 heavy (non-hydrogen) atoms. The van der Waals surface area contributed by atoms with E-state index < -0.39 is 5.97 Å². The lowest BCUT2D eigenvalue weighted by atomic mass is 10.1. The van der Waals surface area contributed by atoms with Crippen molar-refractivity contribution in [3.63, 3.8) is 0 Å². The number of nitrogens with zero attached hydrogens (tertiary/aromatic N) is 1. The Kier molecular flexibility index (Phi) is 2.56. The summed E-state index contributed by atoms with van der Waals surface area (Å²) in [6.07, 6.45) is 3.15. The van der Waals surface area contributed by atoms with Gasteiger partial charge in [-0.1, -0.05) is 17.7 Å². The van der Waals surface area contributed by atoms with Gasteiger partial charge in [-0.2, -0.15) is 0 Å². The number of esters is 1. The number of pyridine rings is 1. The zero-order chi connectivity index (χ0) is 10.8. The highest BCUT2D eigenvalue weighted by atomic mass is 35.5. The molecule has 0 unspecified atom stereocenters. The molecular formula is C11H8ClNO2. The van der Waals surface area contributed by atoms with Crippen LogP contribution in [0.25, 0.3) is 10.8 Å². The van der Waals surface area contributed by atoms with Gasteiger partial charge in [0.25, 0.3) is 0 Å². The van der Waals surface area contributed by atoms with Crippen LogP contribution >= 0.6 is 11.6 Å². The highest BCUT2D eigenvalue weighted by molar-refractivity contribution is 6.31. The zero-order valence-corrected chi connectivity index (χ0v) is 8.78. The Labute approximate surface area is 91.6 Å². The van der Waals surface area contributed by atoms with E-state index in [9.17, 15) is 4.79 Å². The molecule has 2 aromatic rings. The fourth-order valence-corrected chi connectivity index (χ4v) is 1.60. The normalized spacial score (nSPS) is 10.3. The van der Waals surface area contributed by atoms with Gasteiger partial charge in [0, 0.05) is 22.8 Å². The summed E-state index contributed by atoms with van der Waals surface area (Å²) in [6.45, 7) is 0. The van der Waals surface area contributed by atoms with E-state index in [2.05, 4.69) is 9.72 Å². The molecule has 1 aromatic heterocycles. The van der Waals surface area contributed by atoms with E-state index in [0.29, 0.717) is 10.6 Å². The van der Waals surface area contributed by atoms with Crippen LogP contribution in [0.1, 0.15) is 10.4 Å². The lowest BCUT2D eigenvalue weighted by molar-refractivity contribution is 0.0602. The number of benzene rings is 1. The molecule has 0 bridgehead atoms. The van der Waals surface area contributed by atoms with E-state index in [0.717, 1.165) is 10.8 Å². The monoisotopic (exact) mass is 221 g/mol. The number of methoxy groups -OCH3 is 1. The minimum absolute atomic E-state index is 0.393. The van der Waals surface area contributed by atoms with Crippen molar-refractivity contribution in [1.29, 1.82) is 0 Å². The highest BCUT2D eigenvalue weighted by Gasteiger charge is 2.10. The number of ether oxygens (including phenoxy) is 1. The number of aromatic nitrogens is 1. The standard InChI is InChI=1S/C11H8ClNO2/c1-15-11(14)10-6-13-5-7-4-8(12)2-3-9(7)10/h2-6H,1H3. The summed E-state index contributed by atoms with van der Waals surface area (Å²) in [5, 5.41) is 2.23. The second kappa shape index (κ2) is 3.87. The lowest BCUT2D eigenvalue weighted by Gasteiger charge is -2.03. The van der Waals surface area contributed by atoms with E-state index in [1.54, 1.807) is 24.4 Å². The van der Waals surface area contributed by atoms with E-state index in [1.807, 2.05) is 0 Å². The number of fused-ring (bicyclic) bond motifs is 1. The number of carbonyl (C=O) groups excluding carboxylic acids is 1. The van der Waals surface area contributed by atoms with Crippen LogP contribution < -0.4 is 0 Å². The van der Waals surface area contributed by atoms with Gasteiger partial charge >= 0.3 is 5.97 Å². The molecule has 0 aliphatic rings. The van der Waals surface area contributed by atoms with Crippen molar-refractivity contribution in [3.8, 4) is 0 Å². The van der Waals surface area contributed by atoms with Gasteiger partial charge in [-0.15, -0.1) is 0 Å². The minimum Gasteiger partial charge on any atom is -0.465 e. The molecular weight excluding hydrogens is 214 g/mol. The van der Waals surface area contributed by atoms with Crippen molar-refractivity contribution >= 4 is 28.3 Å². The molecule has 0 saturated carbocycles. The molecule has 0 aliphatic carbocycles. The molecule has 4 heteroatoms. The molecule has 1 heterocycles. The number of hydrogen-bond donors (Lipinski definition) is 0. The lowest BCUT2D eigenvalue weighted by Crippen LogP contribution is -2.02. The van der Waals surface area contributed by atoms with Crippen molar-refractivity contribution in [1.82, 2.24) is 4.98 Å². The van der Waals surface area contributed by atoms with Crippen LogP contribution in [0, 0.1) is 0 Å². The quantitative estimate of drug-likeness (QED) is 0.695. The Morgan fingerprint density at radius 1 is 1.40 bits per heavy atom. The van der Waals surface area contributed by atoms with E-state index in [-0.39, 0.29) is 0 Å². The average molecular weight is 222 g/mol. The van der Waals surface area contributed by atoms with E-state index >= 15 is 0 Å². The topological polar surface area (TPSA) is 39.2 Å². The Bertz CT molecular complexity index is 525. The molecule has 0 saturated heterocycles. The first kappa shape index (κ1) is 9.93. The van der Waals surface area contributed by atoms with Gasteiger partial charge in [0.1, 0.15) is 0 Å². The van der Waals surface area contributed by atoms with Gasteiger partial charge in [0.2, 0.25) is 0 Å². The van der Waals surface area contributed by atoms with E-state index in [4.69, 9.17) is 11.6 Å². The maximum atomic E-state index is 11.4. The Hall–Kier alpha value is -1.61. The van der Waals surface area contributed by atoms with Crippen LogP contribution in [0.2, 0.25) is 5.02 Å². The second-order valence-corrected chi connectivity index (χ2v) is 3.48. The Balaban J connectivity index is 2.71. The SMILES string of the molecule is COC(=O)c1cncc2cc(Cl)ccc12. The Morgan fingerprint density at radius 3 is 2.93 bits per heavy atom. The third-order valence-electron chi connectivity index (χ3n) is 2.13. The number of carbonyl (C=O) groups is 1. The van der Waals surface area contributed by atoms with Gasteiger partial charge in [0.15, 0.2) is 0 Å². The molecule has 0 amide bonds. The largest absolute Gasteiger partial charge is 0.465 e. The average Bonchev–Trinajstić information content (AvgIpc) is 2.26. The zero-order valence-electron chi connectivity index (χ0n) is 8.03. The van der Waals surface area contributed by atoms with Crippen LogP contribution in [-0.2, 0) is 4.74 Å². The molecule has 2 rings (SSSR count). The third-order valence-corrected chi connectivity index (χ3v) is 2.36. The first-order valence-corrected chi connectivity index (χ1v) is 4.72. The summed E-state index contributed by atoms with van der Waals surface area (Å²) in [5.74, 6) is -0.393. The van der Waals surface area contributed by atoms with Crippen molar-refractivity contribution in [3.05, 3.63) is 41.2 Å². The predicted molar refractivity (Wildman–Crippen MR) is 58.1 cm³/mol. The van der Waals surface area contributed by atoms with Crippen LogP contribution in [-0.4, -0.2) is 18.1 Å². The molecule has 1 aromatic carbocycles. The number of rotatable bonds is 1. The fourth-order valence-electron chi connectivity index (χ4n) is 1.42. The van der Waals surface area contributed by atoms with Crippen LogP contribution in [0.3, 0.4) is 0 Å². The minimum atomic E-state index is -0.393. The number of halogens is 1. The summed E-state index contributed by atoms with van der Waals surface area (Å²) in [5.41, 5.74) is 0.451. The van der Waals surface area contributed by atoms with Gasteiger partial charge in [-0.25, -0.2) is 4.79 Å².